The third-order valence-electron chi connectivity index (χ3n) is 4.67. The molecule has 0 radical (unpaired) electrons. The molecule has 2 aliphatic heterocycles. The summed E-state index contributed by atoms with van der Waals surface area (Å²) >= 11 is 0. The van der Waals surface area contributed by atoms with Crippen molar-refractivity contribution >= 4 is 5.91 Å². The van der Waals surface area contributed by atoms with Gasteiger partial charge in [-0.05, 0) is 32.2 Å². The molecule has 1 amide bonds. The normalized spacial score (nSPS) is 38.4. The minimum absolute atomic E-state index is 0.236. The summed E-state index contributed by atoms with van der Waals surface area (Å²) in [6.07, 6.45) is 5.75. The number of hydrogen-bond donors (Lipinski definition) is 1. The summed E-state index contributed by atoms with van der Waals surface area (Å²) in [5.74, 6) is 0.608. The van der Waals surface area contributed by atoms with Gasteiger partial charge in [0.2, 0.25) is 5.91 Å². The molecule has 3 aliphatic rings. The van der Waals surface area contributed by atoms with E-state index in [0.29, 0.717) is 11.9 Å². The topological polar surface area (TPSA) is 49.6 Å². The van der Waals surface area contributed by atoms with Crippen molar-refractivity contribution in [1.29, 1.82) is 0 Å². The summed E-state index contributed by atoms with van der Waals surface area (Å²) < 4.78 is 0. The Bertz CT molecular complexity index is 301. The van der Waals surface area contributed by atoms with E-state index in [4.69, 9.17) is 5.73 Å². The molecule has 2 saturated heterocycles. The van der Waals surface area contributed by atoms with Gasteiger partial charge in [-0.2, -0.15) is 0 Å². The molecule has 96 valence electrons. The van der Waals surface area contributed by atoms with Gasteiger partial charge in [-0.25, -0.2) is 0 Å². The summed E-state index contributed by atoms with van der Waals surface area (Å²) in [5, 5.41) is 0. The van der Waals surface area contributed by atoms with Gasteiger partial charge in [-0.3, -0.25) is 9.69 Å². The van der Waals surface area contributed by atoms with Gasteiger partial charge in [0.25, 0.3) is 0 Å². The van der Waals surface area contributed by atoms with E-state index < -0.39 is 0 Å². The number of piperidine rings is 1. The fourth-order valence-electron chi connectivity index (χ4n) is 3.48. The van der Waals surface area contributed by atoms with Crippen LogP contribution < -0.4 is 5.73 Å². The van der Waals surface area contributed by atoms with Crippen LogP contribution in [0.15, 0.2) is 0 Å². The van der Waals surface area contributed by atoms with E-state index in [2.05, 4.69) is 9.80 Å². The summed E-state index contributed by atoms with van der Waals surface area (Å²) in [4.78, 5) is 16.9. The summed E-state index contributed by atoms with van der Waals surface area (Å²) in [6, 6.07) is 0.912. The molecule has 0 bridgehead atoms. The van der Waals surface area contributed by atoms with Crippen LogP contribution >= 0.6 is 0 Å². The molecule has 1 saturated carbocycles. The van der Waals surface area contributed by atoms with Gasteiger partial charge in [0.1, 0.15) is 0 Å². The maximum atomic E-state index is 12.3. The number of piperazine rings is 1. The van der Waals surface area contributed by atoms with Gasteiger partial charge in [0.15, 0.2) is 0 Å². The molecule has 0 spiro atoms. The number of carbonyl (C=O) groups is 1. The average molecular weight is 237 g/mol. The van der Waals surface area contributed by atoms with Crippen molar-refractivity contribution in [3.05, 3.63) is 0 Å². The van der Waals surface area contributed by atoms with Gasteiger partial charge in [-0.1, -0.05) is 6.42 Å². The van der Waals surface area contributed by atoms with Crippen LogP contribution in [-0.4, -0.2) is 54.0 Å². The quantitative estimate of drug-likeness (QED) is 0.719. The van der Waals surface area contributed by atoms with Crippen LogP contribution in [0.3, 0.4) is 0 Å². The fraction of sp³-hybridized carbons (Fsp3) is 0.923. The lowest BCUT2D eigenvalue weighted by Gasteiger charge is -2.46. The number of nitrogens with two attached hydrogens (primary N) is 1. The second-order valence-corrected chi connectivity index (χ2v) is 5.90. The number of fused-ring (bicyclic) bond motifs is 1. The Kier molecular flexibility index (Phi) is 3.09. The second kappa shape index (κ2) is 4.58. The maximum absolute atomic E-state index is 12.3. The van der Waals surface area contributed by atoms with Crippen LogP contribution in [0.25, 0.3) is 0 Å². The molecule has 1 aliphatic carbocycles. The minimum atomic E-state index is 0.236. The third kappa shape index (κ3) is 2.20. The molecule has 1 unspecified atom stereocenters. The zero-order valence-electron chi connectivity index (χ0n) is 10.5. The minimum Gasteiger partial charge on any atom is -0.340 e. The van der Waals surface area contributed by atoms with E-state index in [1.807, 2.05) is 0 Å². The zero-order chi connectivity index (χ0) is 11.8. The summed E-state index contributed by atoms with van der Waals surface area (Å²) in [5.41, 5.74) is 5.76. The van der Waals surface area contributed by atoms with E-state index in [9.17, 15) is 4.79 Å². The second-order valence-electron chi connectivity index (χ2n) is 5.90. The molecule has 4 heteroatoms. The lowest BCUT2D eigenvalue weighted by molar-refractivity contribution is -0.142. The van der Waals surface area contributed by atoms with E-state index in [-0.39, 0.29) is 12.0 Å². The standard InChI is InChI=1S/C13H23N3O/c14-11-7-10(8-11)13(17)16-6-5-15-4-2-1-3-12(15)9-16/h10-12H,1-9,14H2. The van der Waals surface area contributed by atoms with Crippen molar-refractivity contribution in [3.63, 3.8) is 0 Å². The van der Waals surface area contributed by atoms with E-state index in [0.717, 1.165) is 32.5 Å². The smallest absolute Gasteiger partial charge is 0.225 e. The highest BCUT2D eigenvalue weighted by molar-refractivity contribution is 5.80. The van der Waals surface area contributed by atoms with Crippen molar-refractivity contribution in [3.8, 4) is 0 Å². The number of carbonyl (C=O) groups excluding carboxylic acids is 1. The Balaban J connectivity index is 1.56. The molecule has 2 heterocycles. The lowest BCUT2D eigenvalue weighted by atomic mass is 9.79. The Hall–Kier alpha value is -0.610. The number of amides is 1. The largest absolute Gasteiger partial charge is 0.340 e. The Morgan fingerprint density at radius 3 is 2.71 bits per heavy atom. The van der Waals surface area contributed by atoms with Crippen molar-refractivity contribution in [2.75, 3.05) is 26.2 Å². The summed E-state index contributed by atoms with van der Waals surface area (Å²) in [7, 11) is 0. The van der Waals surface area contributed by atoms with E-state index in [1.54, 1.807) is 0 Å². The molecule has 0 aromatic rings. The number of nitrogens with zero attached hydrogens (tertiary/aromatic N) is 2. The highest BCUT2D eigenvalue weighted by atomic mass is 16.2. The SMILES string of the molecule is NC1CC(C(=O)N2CCN3CCCCC3C2)C1. The monoisotopic (exact) mass is 237 g/mol. The van der Waals surface area contributed by atoms with Gasteiger partial charge >= 0.3 is 0 Å². The van der Waals surface area contributed by atoms with Gasteiger partial charge in [0.05, 0.1) is 0 Å². The van der Waals surface area contributed by atoms with Crippen LogP contribution in [0.5, 0.6) is 0 Å². The maximum Gasteiger partial charge on any atom is 0.225 e. The van der Waals surface area contributed by atoms with Crippen LogP contribution in [0.2, 0.25) is 0 Å². The van der Waals surface area contributed by atoms with E-state index in [1.165, 1.54) is 25.8 Å². The molecule has 1 atom stereocenters. The van der Waals surface area contributed by atoms with Crippen molar-refractivity contribution in [2.45, 2.75) is 44.2 Å². The number of rotatable bonds is 1. The Labute approximate surface area is 103 Å². The van der Waals surface area contributed by atoms with E-state index >= 15 is 0 Å². The molecule has 0 aromatic carbocycles. The van der Waals surface area contributed by atoms with Crippen LogP contribution in [0.1, 0.15) is 32.1 Å². The van der Waals surface area contributed by atoms with Crippen LogP contribution in [-0.2, 0) is 4.79 Å². The highest BCUT2D eigenvalue weighted by Gasteiger charge is 2.38. The average Bonchev–Trinajstić information content (AvgIpc) is 2.33. The first-order valence-electron chi connectivity index (χ1n) is 7.02. The molecular weight excluding hydrogens is 214 g/mol. The zero-order valence-corrected chi connectivity index (χ0v) is 10.5. The third-order valence-corrected chi connectivity index (χ3v) is 4.67. The van der Waals surface area contributed by atoms with Gasteiger partial charge < -0.3 is 10.6 Å². The fourth-order valence-corrected chi connectivity index (χ4v) is 3.48. The molecule has 17 heavy (non-hydrogen) atoms. The van der Waals surface area contributed by atoms with Crippen molar-refractivity contribution in [1.82, 2.24) is 9.80 Å². The Morgan fingerprint density at radius 1 is 1.12 bits per heavy atom. The summed E-state index contributed by atoms with van der Waals surface area (Å²) in [6.45, 7) is 4.21. The molecule has 2 N–H and O–H groups in total. The lowest BCUT2D eigenvalue weighted by Crippen LogP contribution is -2.58. The van der Waals surface area contributed by atoms with Crippen LogP contribution in [0.4, 0.5) is 0 Å². The van der Waals surface area contributed by atoms with Crippen molar-refractivity contribution < 1.29 is 4.79 Å². The van der Waals surface area contributed by atoms with Gasteiger partial charge in [-0.15, -0.1) is 0 Å². The molecule has 0 aromatic heterocycles. The number of hydrogen-bond acceptors (Lipinski definition) is 3. The molecule has 3 fully saturated rings. The molecule has 3 rings (SSSR count). The highest BCUT2D eigenvalue weighted by Crippen LogP contribution is 2.29. The van der Waals surface area contributed by atoms with Crippen molar-refractivity contribution in [2.24, 2.45) is 11.7 Å². The first-order valence-corrected chi connectivity index (χ1v) is 7.02. The molecule has 4 nitrogen and oxygen atoms in total. The first-order chi connectivity index (χ1) is 8.24. The Morgan fingerprint density at radius 2 is 1.94 bits per heavy atom. The van der Waals surface area contributed by atoms with Gasteiger partial charge in [0, 0.05) is 37.6 Å². The predicted molar refractivity (Wildman–Crippen MR) is 66.5 cm³/mol. The first kappa shape index (κ1) is 11.5. The predicted octanol–water partition coefficient (Wildman–Crippen LogP) is 0.420. The molecular formula is C13H23N3O. The van der Waals surface area contributed by atoms with Crippen LogP contribution in [0, 0.1) is 5.92 Å².